The average Bonchev–Trinajstić information content (AvgIpc) is 3.32. The largest absolute Gasteiger partial charge is 0.484 e. The Morgan fingerprint density at radius 1 is 0.960 bits per heavy atom. The summed E-state index contributed by atoms with van der Waals surface area (Å²) in [4.78, 5) is 25.9. The van der Waals surface area contributed by atoms with Crippen molar-refractivity contribution in [1.29, 1.82) is 0 Å². The molecule has 0 saturated carbocycles. The zero-order valence-corrected chi connectivity index (χ0v) is 14.7. The van der Waals surface area contributed by atoms with Crippen LogP contribution in [0.15, 0.2) is 24.3 Å². The van der Waals surface area contributed by atoms with Gasteiger partial charge in [0.1, 0.15) is 5.75 Å². The van der Waals surface area contributed by atoms with Gasteiger partial charge in [-0.15, -0.1) is 11.3 Å². The quantitative estimate of drug-likeness (QED) is 0.828. The van der Waals surface area contributed by atoms with Gasteiger partial charge in [-0.2, -0.15) is 0 Å². The smallest absolute Gasteiger partial charge is 0.279 e. The first-order valence-electron chi connectivity index (χ1n) is 8.64. The van der Waals surface area contributed by atoms with Crippen LogP contribution in [0.4, 0.5) is 0 Å². The van der Waals surface area contributed by atoms with Crippen molar-refractivity contribution < 1.29 is 14.3 Å². The van der Waals surface area contributed by atoms with Crippen LogP contribution >= 0.6 is 11.3 Å². The Bertz CT molecular complexity index is 807. The molecule has 2 aliphatic rings. The van der Waals surface area contributed by atoms with Gasteiger partial charge in [-0.05, 0) is 73.4 Å². The molecule has 4 rings (SSSR count). The van der Waals surface area contributed by atoms with Crippen molar-refractivity contribution in [3.63, 3.8) is 0 Å². The van der Waals surface area contributed by atoms with E-state index in [1.54, 1.807) is 0 Å². The molecular formula is C19H20N2O3S. The highest BCUT2D eigenvalue weighted by Gasteiger charge is 2.18. The lowest BCUT2D eigenvalue weighted by Gasteiger charge is -2.09. The summed E-state index contributed by atoms with van der Waals surface area (Å²) in [6, 6.07) is 7.88. The molecule has 0 fully saturated rings. The maximum atomic E-state index is 12.1. The summed E-state index contributed by atoms with van der Waals surface area (Å²) in [7, 11) is 0. The molecule has 6 heteroatoms. The van der Waals surface area contributed by atoms with Crippen molar-refractivity contribution in [2.45, 2.75) is 38.5 Å². The van der Waals surface area contributed by atoms with Crippen LogP contribution in [-0.2, 0) is 30.5 Å². The Kier molecular flexibility index (Phi) is 4.44. The number of thiophene rings is 1. The van der Waals surface area contributed by atoms with Crippen LogP contribution in [-0.4, -0.2) is 18.4 Å². The highest BCUT2D eigenvalue weighted by atomic mass is 32.1. The minimum absolute atomic E-state index is 0.125. The molecule has 130 valence electrons. The second-order valence-electron chi connectivity index (χ2n) is 6.49. The topological polar surface area (TPSA) is 67.4 Å². The molecule has 1 aromatic heterocycles. The SMILES string of the molecule is O=C(COc1ccc2c(c1)CCC2)NNC(=O)c1cc2c(s1)CCC2. The van der Waals surface area contributed by atoms with Crippen molar-refractivity contribution in [3.05, 3.63) is 50.7 Å². The summed E-state index contributed by atoms with van der Waals surface area (Å²) in [6.07, 6.45) is 6.62. The Hall–Kier alpha value is -2.34. The fourth-order valence-electron chi connectivity index (χ4n) is 3.45. The number of benzene rings is 1. The van der Waals surface area contributed by atoms with E-state index in [2.05, 4.69) is 16.9 Å². The minimum atomic E-state index is -0.377. The Morgan fingerprint density at radius 2 is 1.76 bits per heavy atom. The molecule has 0 bridgehead atoms. The van der Waals surface area contributed by atoms with Crippen LogP contribution in [0.3, 0.4) is 0 Å². The number of amides is 2. The number of hydrogen-bond donors (Lipinski definition) is 2. The Labute approximate surface area is 150 Å². The molecule has 2 aromatic rings. The van der Waals surface area contributed by atoms with Gasteiger partial charge in [0.05, 0.1) is 4.88 Å². The van der Waals surface area contributed by atoms with Crippen molar-refractivity contribution in [3.8, 4) is 5.75 Å². The fraction of sp³-hybridized carbons (Fsp3) is 0.368. The first kappa shape index (κ1) is 16.1. The zero-order valence-electron chi connectivity index (χ0n) is 13.9. The summed E-state index contributed by atoms with van der Waals surface area (Å²) in [5, 5.41) is 0. The van der Waals surface area contributed by atoms with Gasteiger partial charge in [-0.25, -0.2) is 0 Å². The second kappa shape index (κ2) is 6.88. The van der Waals surface area contributed by atoms with Crippen molar-refractivity contribution in [1.82, 2.24) is 10.9 Å². The monoisotopic (exact) mass is 356 g/mol. The third kappa shape index (κ3) is 3.54. The van der Waals surface area contributed by atoms with E-state index >= 15 is 0 Å². The molecule has 1 heterocycles. The Balaban J connectivity index is 1.25. The first-order valence-corrected chi connectivity index (χ1v) is 9.46. The highest BCUT2D eigenvalue weighted by molar-refractivity contribution is 7.14. The number of rotatable bonds is 4. The molecule has 2 N–H and O–H groups in total. The summed E-state index contributed by atoms with van der Waals surface area (Å²) >= 11 is 1.51. The maximum absolute atomic E-state index is 12.1. The normalized spacial score (nSPS) is 14.7. The zero-order chi connectivity index (χ0) is 17.2. The van der Waals surface area contributed by atoms with Crippen LogP contribution in [0.1, 0.15) is 44.1 Å². The van der Waals surface area contributed by atoms with Gasteiger partial charge in [-0.3, -0.25) is 20.4 Å². The van der Waals surface area contributed by atoms with Gasteiger partial charge in [-0.1, -0.05) is 6.07 Å². The van der Waals surface area contributed by atoms with E-state index in [0.717, 1.165) is 25.7 Å². The second-order valence-corrected chi connectivity index (χ2v) is 7.62. The summed E-state index contributed by atoms with van der Waals surface area (Å²) < 4.78 is 5.52. The van der Waals surface area contributed by atoms with E-state index < -0.39 is 0 Å². The maximum Gasteiger partial charge on any atom is 0.279 e. The fourth-order valence-corrected chi connectivity index (χ4v) is 4.60. The van der Waals surface area contributed by atoms with E-state index in [1.807, 2.05) is 18.2 Å². The van der Waals surface area contributed by atoms with Gasteiger partial charge in [0.15, 0.2) is 6.61 Å². The number of ether oxygens (including phenoxy) is 1. The van der Waals surface area contributed by atoms with Crippen molar-refractivity contribution in [2.75, 3.05) is 6.61 Å². The molecule has 2 aliphatic carbocycles. The highest BCUT2D eigenvalue weighted by Crippen LogP contribution is 2.30. The number of fused-ring (bicyclic) bond motifs is 2. The minimum Gasteiger partial charge on any atom is -0.484 e. The van der Waals surface area contributed by atoms with Crippen molar-refractivity contribution >= 4 is 23.2 Å². The summed E-state index contributed by atoms with van der Waals surface area (Å²) in [5.74, 6) is 0.0417. The standard InChI is InChI=1S/C19H20N2O3S/c22-18(11-24-15-8-7-12-3-1-4-13(12)9-15)20-21-19(23)17-10-14-5-2-6-16(14)25-17/h7-10H,1-6,11H2,(H,20,22)(H,21,23). The molecule has 0 saturated heterocycles. The summed E-state index contributed by atoms with van der Waals surface area (Å²) in [5.41, 5.74) is 8.80. The number of nitrogens with one attached hydrogen (secondary N) is 2. The molecule has 0 atom stereocenters. The molecule has 1 aromatic carbocycles. The first-order chi connectivity index (χ1) is 12.2. The van der Waals surface area contributed by atoms with Crippen LogP contribution < -0.4 is 15.6 Å². The molecule has 25 heavy (non-hydrogen) atoms. The van der Waals surface area contributed by atoms with Gasteiger partial charge in [0.2, 0.25) is 0 Å². The molecule has 2 amide bonds. The van der Waals surface area contributed by atoms with Crippen LogP contribution in [0.25, 0.3) is 0 Å². The average molecular weight is 356 g/mol. The molecular weight excluding hydrogens is 336 g/mol. The van der Waals surface area contributed by atoms with E-state index in [1.165, 1.54) is 45.7 Å². The van der Waals surface area contributed by atoms with Gasteiger partial charge in [0, 0.05) is 4.88 Å². The van der Waals surface area contributed by atoms with Gasteiger partial charge >= 0.3 is 0 Å². The Morgan fingerprint density at radius 3 is 2.64 bits per heavy atom. The predicted octanol–water partition coefficient (Wildman–Crippen LogP) is 2.57. The number of hydrazine groups is 1. The van der Waals surface area contributed by atoms with E-state index in [0.29, 0.717) is 10.6 Å². The lowest BCUT2D eigenvalue weighted by molar-refractivity contribution is -0.123. The van der Waals surface area contributed by atoms with Crippen LogP contribution in [0.5, 0.6) is 5.75 Å². The lowest BCUT2D eigenvalue weighted by atomic mass is 10.1. The number of hydrogen-bond acceptors (Lipinski definition) is 4. The van der Waals surface area contributed by atoms with E-state index in [-0.39, 0.29) is 18.4 Å². The van der Waals surface area contributed by atoms with E-state index in [4.69, 9.17) is 4.74 Å². The molecule has 0 radical (unpaired) electrons. The molecule has 0 spiro atoms. The third-order valence-electron chi connectivity index (χ3n) is 4.73. The number of carbonyl (C=O) groups excluding carboxylic acids is 2. The predicted molar refractivity (Wildman–Crippen MR) is 95.9 cm³/mol. The molecule has 5 nitrogen and oxygen atoms in total. The third-order valence-corrected chi connectivity index (χ3v) is 5.96. The number of aryl methyl sites for hydroxylation is 4. The number of carbonyl (C=O) groups is 2. The molecule has 0 aliphatic heterocycles. The van der Waals surface area contributed by atoms with Crippen LogP contribution in [0, 0.1) is 0 Å². The van der Waals surface area contributed by atoms with Gasteiger partial charge < -0.3 is 4.74 Å². The van der Waals surface area contributed by atoms with E-state index in [9.17, 15) is 9.59 Å². The van der Waals surface area contributed by atoms with Crippen LogP contribution in [0.2, 0.25) is 0 Å². The summed E-state index contributed by atoms with van der Waals surface area (Å²) in [6.45, 7) is -0.125. The van der Waals surface area contributed by atoms with Gasteiger partial charge in [0.25, 0.3) is 11.8 Å². The van der Waals surface area contributed by atoms with Crippen molar-refractivity contribution in [2.24, 2.45) is 0 Å². The lowest BCUT2D eigenvalue weighted by Crippen LogP contribution is -2.43. The molecule has 0 unspecified atom stereocenters.